The number of hydrogen-bond acceptors (Lipinski definition) is 6. The normalized spacial score (nSPS) is 16.2. The van der Waals surface area contributed by atoms with Crippen molar-refractivity contribution in [1.29, 1.82) is 5.26 Å². The van der Waals surface area contributed by atoms with Crippen LogP contribution < -0.4 is 15.5 Å². The predicted octanol–water partition coefficient (Wildman–Crippen LogP) is 8.05. The first-order valence-corrected chi connectivity index (χ1v) is 16.4. The van der Waals surface area contributed by atoms with Gasteiger partial charge in [0, 0.05) is 52.6 Å². The van der Waals surface area contributed by atoms with Crippen molar-refractivity contribution < 1.29 is 14.7 Å². The number of unbranched alkanes of at least 4 members (excludes halogenated alkanes) is 2. The molecular weight excluding hydrogens is 621 g/mol. The molecule has 242 valence electrons. The fourth-order valence-corrected chi connectivity index (χ4v) is 5.68. The van der Waals surface area contributed by atoms with Gasteiger partial charge in [0.15, 0.2) is 11.6 Å². The average molecular weight is 663 g/mol. The van der Waals surface area contributed by atoms with Crippen molar-refractivity contribution in [3.63, 3.8) is 0 Å². The molecule has 0 spiro atoms. The summed E-state index contributed by atoms with van der Waals surface area (Å²) in [6.45, 7) is 11.3. The van der Waals surface area contributed by atoms with Crippen molar-refractivity contribution in [1.82, 2.24) is 5.32 Å². The van der Waals surface area contributed by atoms with E-state index in [9.17, 15) is 20.0 Å². The maximum Gasteiger partial charge on any atom is 0.247 e. The Morgan fingerprint density at radius 3 is 2.24 bits per heavy atom. The Bertz CT molecular complexity index is 1670. The molecule has 0 aliphatic carbocycles. The van der Waals surface area contributed by atoms with Crippen LogP contribution in [-0.4, -0.2) is 35.7 Å². The summed E-state index contributed by atoms with van der Waals surface area (Å²) in [5.41, 5.74) is 0.382. The second-order valence-electron chi connectivity index (χ2n) is 12.5. The number of nitrogens with one attached hydrogen (secondary N) is 2. The number of aromatic hydroxyl groups is 1. The fourth-order valence-electron chi connectivity index (χ4n) is 5.39. The zero-order valence-corrected chi connectivity index (χ0v) is 28.5. The lowest BCUT2D eigenvalue weighted by molar-refractivity contribution is -0.130. The largest absolute Gasteiger partial charge is 0.507 e. The van der Waals surface area contributed by atoms with Gasteiger partial charge in [0.05, 0.1) is 21.8 Å². The van der Waals surface area contributed by atoms with E-state index in [-0.39, 0.29) is 22.4 Å². The second kappa shape index (κ2) is 14.6. The van der Waals surface area contributed by atoms with Crippen molar-refractivity contribution in [3.8, 4) is 11.8 Å². The van der Waals surface area contributed by atoms with Gasteiger partial charge in [0.2, 0.25) is 11.8 Å². The molecule has 1 aliphatic rings. The number of hydrogen-bond donors (Lipinski definition) is 3. The van der Waals surface area contributed by atoms with Crippen LogP contribution in [0.15, 0.2) is 65.7 Å². The highest BCUT2D eigenvalue weighted by molar-refractivity contribution is 6.42. The summed E-state index contributed by atoms with van der Waals surface area (Å²) < 4.78 is 0. The summed E-state index contributed by atoms with van der Waals surface area (Å²) in [6, 6.07) is 19.3. The fraction of sp³-hybridized carbons (Fsp3) is 0.389. The van der Waals surface area contributed by atoms with E-state index in [4.69, 9.17) is 28.2 Å². The molecule has 2 amide bonds. The van der Waals surface area contributed by atoms with E-state index in [2.05, 4.69) is 35.5 Å². The minimum atomic E-state index is -1.60. The Balaban J connectivity index is 1.86. The predicted molar refractivity (Wildman–Crippen MR) is 186 cm³/mol. The number of amides is 2. The van der Waals surface area contributed by atoms with Crippen LogP contribution in [0.4, 0.5) is 11.4 Å². The van der Waals surface area contributed by atoms with Crippen molar-refractivity contribution in [3.05, 3.63) is 87.4 Å². The van der Waals surface area contributed by atoms with Gasteiger partial charge in [0.25, 0.3) is 0 Å². The number of aliphatic imine (C=N–C) groups is 1. The van der Waals surface area contributed by atoms with Crippen molar-refractivity contribution >= 4 is 52.1 Å². The van der Waals surface area contributed by atoms with Gasteiger partial charge in [-0.05, 0) is 43.2 Å². The number of fused-ring (bicyclic) bond motifs is 1. The maximum atomic E-state index is 13.7. The molecule has 3 aromatic rings. The molecule has 0 radical (unpaired) electrons. The molecular formula is C36H41Cl2N5O3. The van der Waals surface area contributed by atoms with Gasteiger partial charge >= 0.3 is 0 Å². The Hall–Kier alpha value is -4.06. The third-order valence-electron chi connectivity index (χ3n) is 8.01. The first-order valence-electron chi connectivity index (χ1n) is 15.6. The third kappa shape index (κ3) is 7.32. The zero-order chi connectivity index (χ0) is 33.6. The molecule has 0 saturated carbocycles. The molecule has 8 nitrogen and oxygen atoms in total. The van der Waals surface area contributed by atoms with E-state index in [0.717, 1.165) is 44.5 Å². The smallest absolute Gasteiger partial charge is 0.247 e. The number of carbonyl (C=O) groups excluding carboxylic acids is 2. The summed E-state index contributed by atoms with van der Waals surface area (Å²) >= 11 is 12.2. The average Bonchev–Trinajstić information content (AvgIpc) is 3.33. The quantitative estimate of drug-likeness (QED) is 0.181. The van der Waals surface area contributed by atoms with Crippen molar-refractivity contribution in [2.24, 2.45) is 16.3 Å². The number of phenols is 1. The Kier molecular flexibility index (Phi) is 11.0. The summed E-state index contributed by atoms with van der Waals surface area (Å²) in [4.78, 5) is 34.5. The molecule has 0 saturated heterocycles. The minimum absolute atomic E-state index is 0.0572. The molecule has 10 heteroatoms. The Labute approximate surface area is 281 Å². The van der Waals surface area contributed by atoms with E-state index in [1.54, 1.807) is 69.3 Å². The number of rotatable bonds is 12. The zero-order valence-electron chi connectivity index (χ0n) is 27.0. The standard InChI is InChI=1S/C36H41Cl2N5O3/c1-6-8-18-43(19-9-7-2)24-15-16-28(31(44)21-24)36(42-34(46)35(3,4)5)27-13-11-10-12-25(27)32(41-36)26(22-39)33(45)40-23-14-17-29(37)30(38)20-23/h10-17,20-21,26,44H,6-9,18-19H2,1-5H3,(H,40,45)(H,42,46). The van der Waals surface area contributed by atoms with Gasteiger partial charge < -0.3 is 20.6 Å². The topological polar surface area (TPSA) is 118 Å². The van der Waals surface area contributed by atoms with Crippen LogP contribution in [-0.2, 0) is 15.3 Å². The molecule has 1 aliphatic heterocycles. The van der Waals surface area contributed by atoms with Crippen LogP contribution in [0, 0.1) is 22.7 Å². The third-order valence-corrected chi connectivity index (χ3v) is 8.75. The van der Waals surface area contributed by atoms with Crippen LogP contribution in [0.1, 0.15) is 77.0 Å². The first-order chi connectivity index (χ1) is 21.9. The van der Waals surface area contributed by atoms with E-state index in [0.29, 0.717) is 27.4 Å². The van der Waals surface area contributed by atoms with Gasteiger partial charge in [-0.25, -0.2) is 4.99 Å². The summed E-state index contributed by atoms with van der Waals surface area (Å²) in [7, 11) is 0. The molecule has 46 heavy (non-hydrogen) atoms. The first kappa shape index (κ1) is 34.8. The summed E-state index contributed by atoms with van der Waals surface area (Å²) in [5.74, 6) is -2.37. The molecule has 2 unspecified atom stereocenters. The molecule has 0 fully saturated rings. The number of halogens is 2. The van der Waals surface area contributed by atoms with Gasteiger partial charge in [-0.3, -0.25) is 9.59 Å². The minimum Gasteiger partial charge on any atom is -0.507 e. The molecule has 1 heterocycles. The Morgan fingerprint density at radius 2 is 1.65 bits per heavy atom. The van der Waals surface area contributed by atoms with E-state index < -0.39 is 22.9 Å². The summed E-state index contributed by atoms with van der Waals surface area (Å²) in [5, 5.41) is 28.4. The lowest BCUT2D eigenvalue weighted by Gasteiger charge is -2.34. The highest BCUT2D eigenvalue weighted by Gasteiger charge is 2.48. The van der Waals surface area contributed by atoms with Gasteiger partial charge in [0.1, 0.15) is 5.75 Å². The van der Waals surface area contributed by atoms with Crippen LogP contribution in [0.25, 0.3) is 0 Å². The van der Waals surface area contributed by atoms with Gasteiger partial charge in [-0.15, -0.1) is 0 Å². The second-order valence-corrected chi connectivity index (χ2v) is 13.3. The number of nitrogens with zero attached hydrogens (tertiary/aromatic N) is 3. The number of benzene rings is 3. The molecule has 0 bridgehead atoms. The van der Waals surface area contributed by atoms with E-state index in [1.807, 2.05) is 6.07 Å². The number of phenolic OH excluding ortho intramolecular Hbond substituents is 1. The lowest BCUT2D eigenvalue weighted by atomic mass is 9.86. The van der Waals surface area contributed by atoms with E-state index >= 15 is 0 Å². The summed E-state index contributed by atoms with van der Waals surface area (Å²) in [6.07, 6.45) is 4.11. The molecule has 0 aromatic heterocycles. The van der Waals surface area contributed by atoms with Crippen LogP contribution in [0.2, 0.25) is 10.0 Å². The van der Waals surface area contributed by atoms with Gasteiger partial charge in [-0.1, -0.05) is 94.9 Å². The Morgan fingerprint density at radius 1 is 0.978 bits per heavy atom. The SMILES string of the molecule is CCCCN(CCCC)c1ccc(C2(NC(=O)C(C)(C)C)N=C(C(C#N)C(=O)Nc3ccc(Cl)c(Cl)c3)c3ccccc32)c(O)c1. The molecule has 3 N–H and O–H groups in total. The van der Waals surface area contributed by atoms with Crippen molar-refractivity contribution in [2.45, 2.75) is 66.0 Å². The van der Waals surface area contributed by atoms with Crippen LogP contribution in [0.3, 0.4) is 0 Å². The molecule has 2 atom stereocenters. The highest BCUT2D eigenvalue weighted by Crippen LogP contribution is 2.45. The molecule has 3 aromatic carbocycles. The maximum absolute atomic E-state index is 13.7. The molecule has 4 rings (SSSR count). The van der Waals surface area contributed by atoms with Crippen LogP contribution in [0.5, 0.6) is 5.75 Å². The lowest BCUT2D eigenvalue weighted by Crippen LogP contribution is -2.48. The van der Waals surface area contributed by atoms with Gasteiger partial charge in [-0.2, -0.15) is 5.26 Å². The van der Waals surface area contributed by atoms with E-state index in [1.165, 1.54) is 6.07 Å². The highest BCUT2D eigenvalue weighted by atomic mass is 35.5. The number of carbonyl (C=O) groups is 2. The van der Waals surface area contributed by atoms with Crippen molar-refractivity contribution in [2.75, 3.05) is 23.3 Å². The number of anilines is 2. The monoisotopic (exact) mass is 661 g/mol. The number of nitriles is 1. The van der Waals surface area contributed by atoms with Crippen LogP contribution >= 0.6 is 23.2 Å².